The van der Waals surface area contributed by atoms with E-state index in [-0.39, 0.29) is 5.91 Å². The van der Waals surface area contributed by atoms with Crippen LogP contribution in [0.5, 0.6) is 0 Å². The van der Waals surface area contributed by atoms with Crippen molar-refractivity contribution in [1.29, 1.82) is 0 Å². The number of aryl methyl sites for hydroxylation is 2. The van der Waals surface area contributed by atoms with Gasteiger partial charge >= 0.3 is 0 Å². The fourth-order valence-electron chi connectivity index (χ4n) is 4.20. The van der Waals surface area contributed by atoms with E-state index in [0.29, 0.717) is 25.3 Å². The van der Waals surface area contributed by atoms with Crippen LogP contribution in [-0.2, 0) is 11.2 Å². The Labute approximate surface area is 180 Å². The minimum atomic E-state index is 0.159. The van der Waals surface area contributed by atoms with Crippen LogP contribution >= 0.6 is 0 Å². The number of piperazine rings is 1. The highest BCUT2D eigenvalue weighted by Gasteiger charge is 2.23. The summed E-state index contributed by atoms with van der Waals surface area (Å²) in [5, 5.41) is 5.62. The molecule has 1 amide bonds. The Morgan fingerprint density at radius 3 is 2.61 bits per heavy atom. The Kier molecular flexibility index (Phi) is 4.89. The van der Waals surface area contributed by atoms with Crippen molar-refractivity contribution >= 4 is 22.6 Å². The minimum Gasteiger partial charge on any atom is -0.361 e. The molecule has 0 spiro atoms. The van der Waals surface area contributed by atoms with E-state index in [9.17, 15) is 4.79 Å². The van der Waals surface area contributed by atoms with E-state index in [0.717, 1.165) is 46.8 Å². The number of aromatic amines is 1. The Morgan fingerprint density at radius 1 is 1.06 bits per heavy atom. The van der Waals surface area contributed by atoms with Crippen molar-refractivity contribution in [2.75, 3.05) is 31.1 Å². The van der Waals surface area contributed by atoms with Gasteiger partial charge in [-0.15, -0.1) is 0 Å². The summed E-state index contributed by atoms with van der Waals surface area (Å²) in [5.41, 5.74) is 4.09. The van der Waals surface area contributed by atoms with Crippen LogP contribution < -0.4 is 4.90 Å². The van der Waals surface area contributed by atoms with Gasteiger partial charge in [0.15, 0.2) is 5.82 Å². The van der Waals surface area contributed by atoms with Gasteiger partial charge in [0.2, 0.25) is 5.91 Å². The topological polar surface area (TPSA) is 82.9 Å². The van der Waals surface area contributed by atoms with Crippen molar-refractivity contribution in [3.63, 3.8) is 0 Å². The minimum absolute atomic E-state index is 0.159. The van der Waals surface area contributed by atoms with E-state index in [1.807, 2.05) is 53.9 Å². The third kappa shape index (κ3) is 3.76. The van der Waals surface area contributed by atoms with Crippen LogP contribution in [-0.4, -0.2) is 61.7 Å². The second-order valence-electron chi connectivity index (χ2n) is 7.98. The van der Waals surface area contributed by atoms with E-state index in [2.05, 4.69) is 26.0 Å². The van der Waals surface area contributed by atoms with E-state index in [4.69, 9.17) is 4.98 Å². The summed E-state index contributed by atoms with van der Waals surface area (Å²) in [6, 6.07) is 10.1. The number of rotatable bonds is 4. The normalized spacial score (nSPS) is 14.4. The van der Waals surface area contributed by atoms with Gasteiger partial charge in [0.05, 0.1) is 24.5 Å². The van der Waals surface area contributed by atoms with Crippen LogP contribution in [0.2, 0.25) is 0 Å². The molecule has 1 aromatic carbocycles. The number of hydrogen-bond donors (Lipinski definition) is 1. The molecule has 4 heterocycles. The predicted molar refractivity (Wildman–Crippen MR) is 119 cm³/mol. The lowest BCUT2D eigenvalue weighted by atomic mass is 10.1. The zero-order chi connectivity index (χ0) is 21.4. The number of amides is 1. The number of benzene rings is 1. The molecule has 8 heteroatoms. The quantitative estimate of drug-likeness (QED) is 0.554. The van der Waals surface area contributed by atoms with Gasteiger partial charge < -0.3 is 14.8 Å². The molecule has 0 atom stereocenters. The second kappa shape index (κ2) is 7.86. The molecule has 1 aliphatic rings. The van der Waals surface area contributed by atoms with Gasteiger partial charge in [0.25, 0.3) is 0 Å². The van der Waals surface area contributed by atoms with E-state index < -0.39 is 0 Å². The van der Waals surface area contributed by atoms with Crippen LogP contribution in [0.1, 0.15) is 17.0 Å². The highest BCUT2D eigenvalue weighted by molar-refractivity contribution is 5.89. The summed E-state index contributed by atoms with van der Waals surface area (Å²) in [4.78, 5) is 29.4. The van der Waals surface area contributed by atoms with Crippen molar-refractivity contribution in [2.45, 2.75) is 20.3 Å². The molecule has 4 aromatic rings. The SMILES string of the molecule is Cc1cc(C)n(-c2cncc(N3CCN(C(=O)Cc4c[nH]c5ccccc45)CC3)n2)n1. The van der Waals surface area contributed by atoms with Crippen molar-refractivity contribution in [2.24, 2.45) is 0 Å². The summed E-state index contributed by atoms with van der Waals surface area (Å²) < 4.78 is 1.81. The fourth-order valence-corrected chi connectivity index (χ4v) is 4.20. The van der Waals surface area contributed by atoms with Crippen molar-refractivity contribution in [1.82, 2.24) is 29.6 Å². The lowest BCUT2D eigenvalue weighted by molar-refractivity contribution is -0.130. The number of nitrogens with one attached hydrogen (secondary N) is 1. The van der Waals surface area contributed by atoms with Gasteiger partial charge in [-0.2, -0.15) is 5.10 Å². The molecule has 0 unspecified atom stereocenters. The van der Waals surface area contributed by atoms with Gasteiger partial charge in [0.1, 0.15) is 5.82 Å². The van der Waals surface area contributed by atoms with E-state index >= 15 is 0 Å². The van der Waals surface area contributed by atoms with Crippen LogP contribution in [0.3, 0.4) is 0 Å². The molecule has 0 bridgehead atoms. The molecule has 8 nitrogen and oxygen atoms in total. The molecule has 1 aliphatic heterocycles. The Morgan fingerprint density at radius 2 is 1.84 bits per heavy atom. The molecule has 0 aliphatic carbocycles. The molecule has 31 heavy (non-hydrogen) atoms. The maximum Gasteiger partial charge on any atom is 0.227 e. The summed E-state index contributed by atoms with van der Waals surface area (Å²) in [6.45, 7) is 6.78. The van der Waals surface area contributed by atoms with Crippen LogP contribution in [0.4, 0.5) is 5.82 Å². The van der Waals surface area contributed by atoms with Crippen LogP contribution in [0.25, 0.3) is 16.7 Å². The number of fused-ring (bicyclic) bond motifs is 1. The molecule has 0 saturated carbocycles. The van der Waals surface area contributed by atoms with Gasteiger partial charge in [-0.05, 0) is 31.5 Å². The number of para-hydroxylation sites is 1. The van der Waals surface area contributed by atoms with Crippen molar-refractivity contribution < 1.29 is 4.79 Å². The maximum atomic E-state index is 12.9. The number of carbonyl (C=O) groups excluding carboxylic acids is 1. The first kappa shape index (κ1) is 19.3. The molecule has 5 rings (SSSR count). The third-order valence-corrected chi connectivity index (χ3v) is 5.81. The summed E-state index contributed by atoms with van der Waals surface area (Å²) in [5.74, 6) is 1.68. The lowest BCUT2D eigenvalue weighted by Crippen LogP contribution is -2.49. The highest BCUT2D eigenvalue weighted by atomic mass is 16.2. The first-order valence-electron chi connectivity index (χ1n) is 10.5. The highest BCUT2D eigenvalue weighted by Crippen LogP contribution is 2.20. The first-order chi connectivity index (χ1) is 15.1. The standard InChI is InChI=1S/C23H25N7O/c1-16-11-17(2)30(27-16)22-15-24-14-21(26-22)28-7-9-29(10-8-28)23(31)12-18-13-25-20-6-4-3-5-19(18)20/h3-6,11,13-15,25H,7-10,12H2,1-2H3. The van der Waals surface area contributed by atoms with E-state index in [1.54, 1.807) is 12.4 Å². The molecule has 0 radical (unpaired) electrons. The average Bonchev–Trinajstić information content (AvgIpc) is 3.36. The first-order valence-corrected chi connectivity index (χ1v) is 10.5. The number of carbonyl (C=O) groups is 1. The number of nitrogens with zero attached hydrogens (tertiary/aromatic N) is 6. The molecular formula is C23H25N7O. The lowest BCUT2D eigenvalue weighted by Gasteiger charge is -2.35. The fraction of sp³-hybridized carbons (Fsp3) is 0.304. The molecule has 1 fully saturated rings. The largest absolute Gasteiger partial charge is 0.361 e. The molecule has 1 saturated heterocycles. The number of anilines is 1. The second-order valence-corrected chi connectivity index (χ2v) is 7.98. The monoisotopic (exact) mass is 415 g/mol. The summed E-state index contributed by atoms with van der Waals surface area (Å²) in [7, 11) is 0. The maximum absolute atomic E-state index is 12.9. The van der Waals surface area contributed by atoms with Crippen LogP contribution in [0.15, 0.2) is 48.9 Å². The molecule has 1 N–H and O–H groups in total. The zero-order valence-electron chi connectivity index (χ0n) is 17.7. The Hall–Kier alpha value is -3.68. The van der Waals surface area contributed by atoms with Gasteiger partial charge in [-0.25, -0.2) is 9.67 Å². The predicted octanol–water partition coefficient (Wildman–Crippen LogP) is 2.65. The zero-order valence-corrected chi connectivity index (χ0v) is 17.7. The van der Waals surface area contributed by atoms with E-state index in [1.165, 1.54) is 0 Å². The van der Waals surface area contributed by atoms with Gasteiger partial charge in [-0.1, -0.05) is 18.2 Å². The Bertz CT molecular complexity index is 1230. The molecule has 3 aromatic heterocycles. The third-order valence-electron chi connectivity index (χ3n) is 5.81. The smallest absolute Gasteiger partial charge is 0.227 e. The molecule has 158 valence electrons. The summed E-state index contributed by atoms with van der Waals surface area (Å²) in [6.07, 6.45) is 5.86. The number of hydrogen-bond acceptors (Lipinski definition) is 5. The number of H-pyrrole nitrogens is 1. The van der Waals surface area contributed by atoms with Crippen LogP contribution in [0, 0.1) is 13.8 Å². The average molecular weight is 416 g/mol. The van der Waals surface area contributed by atoms with Crippen molar-refractivity contribution in [3.8, 4) is 5.82 Å². The van der Waals surface area contributed by atoms with Gasteiger partial charge in [-0.3, -0.25) is 9.78 Å². The summed E-state index contributed by atoms with van der Waals surface area (Å²) >= 11 is 0. The number of aromatic nitrogens is 5. The Balaban J connectivity index is 1.25. The van der Waals surface area contributed by atoms with Crippen molar-refractivity contribution in [3.05, 3.63) is 65.9 Å². The molecular weight excluding hydrogens is 390 g/mol. The van der Waals surface area contributed by atoms with Gasteiger partial charge in [0, 0.05) is 49.0 Å².